The Kier molecular flexibility index (Phi) is 5.97. The van der Waals surface area contributed by atoms with Crippen molar-refractivity contribution in [1.82, 2.24) is 4.98 Å². The third-order valence-corrected chi connectivity index (χ3v) is 8.27. The van der Waals surface area contributed by atoms with Crippen LogP contribution >= 0.6 is 7.14 Å². The van der Waals surface area contributed by atoms with Crippen molar-refractivity contribution in [3.8, 4) is 11.3 Å². The van der Waals surface area contributed by atoms with Crippen molar-refractivity contribution in [1.29, 1.82) is 0 Å². The molecule has 0 spiro atoms. The summed E-state index contributed by atoms with van der Waals surface area (Å²) >= 11 is 0. The van der Waals surface area contributed by atoms with Gasteiger partial charge < -0.3 is 4.57 Å². The van der Waals surface area contributed by atoms with Crippen molar-refractivity contribution >= 4 is 23.1 Å². The summed E-state index contributed by atoms with van der Waals surface area (Å²) in [7, 11) is -2.98. The van der Waals surface area contributed by atoms with Gasteiger partial charge >= 0.3 is 0 Å². The third kappa shape index (κ3) is 4.15. The zero-order valence-electron chi connectivity index (χ0n) is 17.4. The lowest BCUT2D eigenvalue weighted by atomic mass is 10.0. The molecule has 150 valence electrons. The highest BCUT2D eigenvalue weighted by Crippen LogP contribution is 2.42. The fourth-order valence-corrected chi connectivity index (χ4v) is 6.47. The zero-order chi connectivity index (χ0) is 21.0. The standard InChI is InChI=1S/C27H26NOP/c1-21(2)18-22-16-17-27(28-20-22)23-10-9-15-26(19-23)30(29,24-11-5-3-6-12-24)25-13-7-4-8-14-25/h3-17,19-21H,18H2,1-2H3. The van der Waals surface area contributed by atoms with Gasteiger partial charge in [-0.15, -0.1) is 0 Å². The molecule has 2 nitrogen and oxygen atoms in total. The number of benzene rings is 3. The van der Waals surface area contributed by atoms with Crippen LogP contribution in [-0.4, -0.2) is 4.98 Å². The molecule has 0 N–H and O–H groups in total. The van der Waals surface area contributed by atoms with E-state index in [0.717, 1.165) is 33.6 Å². The maximum absolute atomic E-state index is 14.6. The zero-order valence-corrected chi connectivity index (χ0v) is 18.3. The Morgan fingerprint density at radius 2 is 1.33 bits per heavy atom. The molecule has 3 heteroatoms. The van der Waals surface area contributed by atoms with Crippen LogP contribution in [0.2, 0.25) is 0 Å². The fraction of sp³-hybridized carbons (Fsp3) is 0.148. The van der Waals surface area contributed by atoms with Crippen LogP contribution in [0.1, 0.15) is 19.4 Å². The second-order valence-corrected chi connectivity index (χ2v) is 10.7. The smallest absolute Gasteiger partial charge is 0.171 e. The first-order valence-electron chi connectivity index (χ1n) is 10.3. The molecule has 4 aromatic rings. The summed E-state index contributed by atoms with van der Waals surface area (Å²) in [4.78, 5) is 4.68. The van der Waals surface area contributed by atoms with E-state index in [2.05, 4.69) is 31.0 Å². The van der Waals surface area contributed by atoms with E-state index in [0.29, 0.717) is 5.92 Å². The van der Waals surface area contributed by atoms with Crippen molar-refractivity contribution in [3.05, 3.63) is 109 Å². The van der Waals surface area contributed by atoms with E-state index in [-0.39, 0.29) is 0 Å². The molecule has 0 unspecified atom stereocenters. The van der Waals surface area contributed by atoms with Crippen molar-refractivity contribution in [2.75, 3.05) is 0 Å². The van der Waals surface area contributed by atoms with Gasteiger partial charge in [-0.1, -0.05) is 98.8 Å². The molecule has 0 radical (unpaired) electrons. The van der Waals surface area contributed by atoms with E-state index in [1.54, 1.807) is 0 Å². The summed E-state index contributed by atoms with van der Waals surface area (Å²) in [5.74, 6) is 0.601. The summed E-state index contributed by atoms with van der Waals surface area (Å²) in [6.45, 7) is 4.42. The van der Waals surface area contributed by atoms with E-state index in [1.165, 1.54) is 5.56 Å². The van der Waals surface area contributed by atoms with Crippen LogP contribution in [0.25, 0.3) is 11.3 Å². The van der Waals surface area contributed by atoms with Crippen LogP contribution in [-0.2, 0) is 11.0 Å². The van der Waals surface area contributed by atoms with Crippen LogP contribution in [0.4, 0.5) is 0 Å². The van der Waals surface area contributed by atoms with Gasteiger partial charge in [-0.3, -0.25) is 4.98 Å². The Morgan fingerprint density at radius 1 is 0.733 bits per heavy atom. The minimum atomic E-state index is -2.98. The molecule has 1 aromatic heterocycles. The first-order valence-corrected chi connectivity index (χ1v) is 12.1. The Hall–Kier alpha value is -2.96. The highest BCUT2D eigenvalue weighted by Gasteiger charge is 2.29. The van der Waals surface area contributed by atoms with E-state index in [4.69, 9.17) is 0 Å². The molecule has 0 saturated carbocycles. The predicted octanol–water partition coefficient (Wildman–Crippen LogP) is 5.59. The molecule has 0 amide bonds. The van der Waals surface area contributed by atoms with E-state index in [9.17, 15) is 4.57 Å². The van der Waals surface area contributed by atoms with Crippen LogP contribution in [0, 0.1) is 5.92 Å². The van der Waals surface area contributed by atoms with Gasteiger partial charge in [0.25, 0.3) is 0 Å². The molecule has 4 rings (SSSR count). The average Bonchev–Trinajstić information content (AvgIpc) is 2.80. The highest BCUT2D eigenvalue weighted by atomic mass is 31.2. The molecule has 0 aliphatic rings. The first-order chi connectivity index (χ1) is 14.6. The molecule has 0 aliphatic heterocycles. The summed E-state index contributed by atoms with van der Waals surface area (Å²) in [5, 5.41) is 2.51. The second kappa shape index (κ2) is 8.81. The monoisotopic (exact) mass is 411 g/mol. The maximum atomic E-state index is 14.6. The van der Waals surface area contributed by atoms with Crippen molar-refractivity contribution in [3.63, 3.8) is 0 Å². The van der Waals surface area contributed by atoms with Gasteiger partial charge in [-0.25, -0.2) is 0 Å². The topological polar surface area (TPSA) is 30.0 Å². The van der Waals surface area contributed by atoms with Gasteiger partial charge in [-0.2, -0.15) is 0 Å². The lowest BCUT2D eigenvalue weighted by molar-refractivity contribution is 0.592. The quantitative estimate of drug-likeness (QED) is 0.387. The van der Waals surface area contributed by atoms with E-state index < -0.39 is 7.14 Å². The molecule has 0 saturated heterocycles. The average molecular weight is 411 g/mol. The van der Waals surface area contributed by atoms with Crippen molar-refractivity contribution in [2.24, 2.45) is 5.92 Å². The molecule has 0 fully saturated rings. The molecule has 0 atom stereocenters. The maximum Gasteiger partial charge on any atom is 0.171 e. The molecule has 3 aromatic carbocycles. The summed E-state index contributed by atoms with van der Waals surface area (Å²) in [5.41, 5.74) is 3.12. The molecule has 30 heavy (non-hydrogen) atoms. The van der Waals surface area contributed by atoms with Crippen LogP contribution < -0.4 is 15.9 Å². The van der Waals surface area contributed by atoms with Crippen molar-refractivity contribution in [2.45, 2.75) is 20.3 Å². The van der Waals surface area contributed by atoms with E-state index in [1.807, 2.05) is 91.1 Å². The summed E-state index contributed by atoms with van der Waals surface area (Å²) in [6, 6.07) is 31.8. The molecular formula is C27H26NOP. The van der Waals surface area contributed by atoms with Gasteiger partial charge in [0.05, 0.1) is 5.69 Å². The summed E-state index contributed by atoms with van der Waals surface area (Å²) < 4.78 is 14.6. The number of pyridine rings is 1. The van der Waals surface area contributed by atoms with Crippen LogP contribution in [0.3, 0.4) is 0 Å². The molecular weight excluding hydrogens is 385 g/mol. The van der Waals surface area contributed by atoms with Crippen LogP contribution in [0.15, 0.2) is 103 Å². The Bertz CT molecular complexity index is 1110. The molecule has 1 heterocycles. The number of aromatic nitrogens is 1. The lowest BCUT2D eigenvalue weighted by Gasteiger charge is -2.20. The second-order valence-electron chi connectivity index (χ2n) is 7.98. The minimum Gasteiger partial charge on any atom is -0.309 e. The van der Waals surface area contributed by atoms with Gasteiger partial charge in [0.2, 0.25) is 0 Å². The Balaban J connectivity index is 1.80. The first kappa shape index (κ1) is 20.3. The normalized spacial score (nSPS) is 11.6. The number of hydrogen-bond acceptors (Lipinski definition) is 2. The van der Waals surface area contributed by atoms with Gasteiger partial charge in [0.15, 0.2) is 7.14 Å². The van der Waals surface area contributed by atoms with Crippen molar-refractivity contribution < 1.29 is 4.57 Å². The van der Waals surface area contributed by atoms with E-state index >= 15 is 0 Å². The highest BCUT2D eigenvalue weighted by molar-refractivity contribution is 7.85. The Labute approximate surface area is 179 Å². The Morgan fingerprint density at radius 3 is 1.87 bits per heavy atom. The predicted molar refractivity (Wildman–Crippen MR) is 128 cm³/mol. The van der Waals surface area contributed by atoms with Gasteiger partial charge in [-0.05, 0) is 30.0 Å². The largest absolute Gasteiger partial charge is 0.309 e. The number of rotatable bonds is 6. The fourth-order valence-electron chi connectivity index (χ4n) is 3.77. The van der Waals surface area contributed by atoms with Gasteiger partial charge in [0, 0.05) is 27.7 Å². The molecule has 0 aliphatic carbocycles. The van der Waals surface area contributed by atoms with Crippen LogP contribution in [0.5, 0.6) is 0 Å². The third-order valence-electron chi connectivity index (χ3n) is 5.21. The number of nitrogens with zero attached hydrogens (tertiary/aromatic N) is 1. The minimum absolute atomic E-state index is 0.601. The van der Waals surface area contributed by atoms with Gasteiger partial charge in [0.1, 0.15) is 0 Å². The SMILES string of the molecule is CC(C)Cc1ccc(-c2cccc(P(=O)(c3ccccc3)c3ccccc3)c2)nc1. The number of hydrogen-bond donors (Lipinski definition) is 0. The lowest BCUT2D eigenvalue weighted by Crippen LogP contribution is -2.25. The molecule has 0 bridgehead atoms. The summed E-state index contributed by atoms with van der Waals surface area (Å²) in [6.07, 6.45) is 2.97.